The maximum atomic E-state index is 12.9. The Morgan fingerprint density at radius 3 is 2.46 bits per heavy atom. The molecule has 0 unspecified atom stereocenters. The van der Waals surface area contributed by atoms with Crippen molar-refractivity contribution in [3.8, 4) is 0 Å². The van der Waals surface area contributed by atoms with E-state index in [1.165, 1.54) is 6.20 Å². The Balaban J connectivity index is 1.28. The summed E-state index contributed by atoms with van der Waals surface area (Å²) in [5.41, 5.74) is 1.35. The quantitative estimate of drug-likeness (QED) is 0.530. The minimum atomic E-state index is -0.606. The third-order valence-corrected chi connectivity index (χ3v) is 6.15. The number of aromatic nitrogens is 1. The Kier molecular flexibility index (Phi) is 7.60. The second-order valence-corrected chi connectivity index (χ2v) is 8.54. The normalized spacial score (nSPS) is 14.5. The molecule has 1 aromatic heterocycles. The number of esters is 1. The molecule has 0 aliphatic carbocycles. The summed E-state index contributed by atoms with van der Waals surface area (Å²) in [6.07, 6.45) is 1.73. The summed E-state index contributed by atoms with van der Waals surface area (Å²) in [4.78, 5) is 45.6. The zero-order chi connectivity index (χ0) is 24.8. The summed E-state index contributed by atoms with van der Waals surface area (Å²) in [6, 6.07) is 16.8. The molecular formula is C27H30N4O4. The van der Waals surface area contributed by atoms with E-state index in [0.717, 1.165) is 22.2 Å². The van der Waals surface area contributed by atoms with E-state index in [9.17, 15) is 14.4 Å². The van der Waals surface area contributed by atoms with E-state index in [2.05, 4.69) is 15.2 Å². The van der Waals surface area contributed by atoms with Gasteiger partial charge in [-0.1, -0.05) is 42.5 Å². The molecule has 2 amide bonds. The summed E-state index contributed by atoms with van der Waals surface area (Å²) >= 11 is 0. The third-order valence-electron chi connectivity index (χ3n) is 6.15. The SMILES string of the molecule is CCOC(=O)c1ccc(N2CCN(C(=O)[C@H](C)NC(=O)Cc3cccc4ccccc34)CC2)nc1. The molecule has 2 aromatic carbocycles. The highest BCUT2D eigenvalue weighted by molar-refractivity contribution is 5.92. The fourth-order valence-corrected chi connectivity index (χ4v) is 4.31. The van der Waals surface area contributed by atoms with Gasteiger partial charge in [-0.15, -0.1) is 0 Å². The van der Waals surface area contributed by atoms with Crippen LogP contribution < -0.4 is 10.2 Å². The lowest BCUT2D eigenvalue weighted by molar-refractivity contribution is -0.136. The number of hydrogen-bond donors (Lipinski definition) is 1. The zero-order valence-electron chi connectivity index (χ0n) is 20.1. The second kappa shape index (κ2) is 11.0. The number of fused-ring (bicyclic) bond motifs is 1. The first-order valence-corrected chi connectivity index (χ1v) is 11.9. The van der Waals surface area contributed by atoms with Crippen molar-refractivity contribution in [2.24, 2.45) is 0 Å². The number of rotatable bonds is 7. The van der Waals surface area contributed by atoms with Gasteiger partial charge in [-0.25, -0.2) is 9.78 Å². The molecule has 182 valence electrons. The molecule has 1 aliphatic rings. The van der Waals surface area contributed by atoms with Crippen molar-refractivity contribution in [3.05, 3.63) is 71.9 Å². The van der Waals surface area contributed by atoms with Crippen LogP contribution >= 0.6 is 0 Å². The first-order valence-electron chi connectivity index (χ1n) is 11.9. The number of hydrogen-bond acceptors (Lipinski definition) is 6. The molecule has 1 saturated heterocycles. The van der Waals surface area contributed by atoms with Crippen molar-refractivity contribution < 1.29 is 19.1 Å². The van der Waals surface area contributed by atoms with E-state index in [0.29, 0.717) is 38.3 Å². The maximum Gasteiger partial charge on any atom is 0.339 e. The molecule has 1 aliphatic heterocycles. The van der Waals surface area contributed by atoms with Crippen LogP contribution in [0, 0.1) is 0 Å². The van der Waals surface area contributed by atoms with Gasteiger partial charge in [-0.05, 0) is 42.3 Å². The Labute approximate surface area is 204 Å². The van der Waals surface area contributed by atoms with Crippen molar-refractivity contribution in [1.29, 1.82) is 0 Å². The third kappa shape index (κ3) is 5.77. The molecule has 1 fully saturated rings. The van der Waals surface area contributed by atoms with Crippen LogP contribution in [0.5, 0.6) is 0 Å². The predicted molar refractivity (Wildman–Crippen MR) is 134 cm³/mol. The molecule has 0 saturated carbocycles. The summed E-state index contributed by atoms with van der Waals surface area (Å²) < 4.78 is 4.99. The second-order valence-electron chi connectivity index (χ2n) is 8.54. The van der Waals surface area contributed by atoms with Crippen LogP contribution in [-0.4, -0.2) is 66.5 Å². The zero-order valence-corrected chi connectivity index (χ0v) is 20.1. The van der Waals surface area contributed by atoms with Gasteiger partial charge in [-0.3, -0.25) is 9.59 Å². The number of nitrogens with one attached hydrogen (secondary N) is 1. The molecule has 0 bridgehead atoms. The number of ether oxygens (including phenoxy) is 1. The minimum absolute atomic E-state index is 0.0958. The van der Waals surface area contributed by atoms with Gasteiger partial charge in [0, 0.05) is 32.4 Å². The lowest BCUT2D eigenvalue weighted by Crippen LogP contribution is -2.54. The number of pyridine rings is 1. The molecule has 35 heavy (non-hydrogen) atoms. The molecule has 0 spiro atoms. The standard InChI is InChI=1S/C27H30N4O4/c1-3-35-27(34)22-11-12-24(28-18-22)30-13-15-31(16-14-30)26(33)19(2)29-25(32)17-21-9-6-8-20-7-4-5-10-23(20)21/h4-12,18-19H,3,13-17H2,1-2H3,(H,29,32)/t19-/m0/s1. The monoisotopic (exact) mass is 474 g/mol. The van der Waals surface area contributed by atoms with Crippen LogP contribution in [0.1, 0.15) is 29.8 Å². The van der Waals surface area contributed by atoms with Crippen LogP contribution in [0.25, 0.3) is 10.8 Å². The van der Waals surface area contributed by atoms with Crippen LogP contribution in [0.4, 0.5) is 5.82 Å². The number of carbonyl (C=O) groups excluding carboxylic acids is 3. The first-order chi connectivity index (χ1) is 17.0. The molecule has 2 heterocycles. The molecule has 4 rings (SSSR count). The number of anilines is 1. The first kappa shape index (κ1) is 24.2. The fourth-order valence-electron chi connectivity index (χ4n) is 4.31. The Morgan fingerprint density at radius 1 is 1.00 bits per heavy atom. The van der Waals surface area contributed by atoms with Gasteiger partial charge in [0.1, 0.15) is 11.9 Å². The highest BCUT2D eigenvalue weighted by Crippen LogP contribution is 2.19. The largest absolute Gasteiger partial charge is 0.462 e. The van der Waals surface area contributed by atoms with Gasteiger partial charge in [0.2, 0.25) is 11.8 Å². The van der Waals surface area contributed by atoms with Gasteiger partial charge in [0.15, 0.2) is 0 Å². The predicted octanol–water partition coefficient (Wildman–Crippen LogP) is 2.81. The van der Waals surface area contributed by atoms with Gasteiger partial charge < -0.3 is 19.9 Å². The van der Waals surface area contributed by atoms with Crippen molar-refractivity contribution in [2.45, 2.75) is 26.3 Å². The molecule has 8 heteroatoms. The smallest absolute Gasteiger partial charge is 0.339 e. The topological polar surface area (TPSA) is 91.8 Å². The minimum Gasteiger partial charge on any atom is -0.462 e. The number of nitrogens with zero attached hydrogens (tertiary/aromatic N) is 3. The van der Waals surface area contributed by atoms with E-state index < -0.39 is 12.0 Å². The van der Waals surface area contributed by atoms with E-state index in [4.69, 9.17) is 4.74 Å². The Morgan fingerprint density at radius 2 is 1.74 bits per heavy atom. The lowest BCUT2D eigenvalue weighted by atomic mass is 10.0. The van der Waals surface area contributed by atoms with E-state index in [1.54, 1.807) is 30.9 Å². The van der Waals surface area contributed by atoms with Gasteiger partial charge in [0.25, 0.3) is 0 Å². The van der Waals surface area contributed by atoms with Crippen molar-refractivity contribution in [1.82, 2.24) is 15.2 Å². The highest BCUT2D eigenvalue weighted by Gasteiger charge is 2.26. The van der Waals surface area contributed by atoms with Gasteiger partial charge in [0.05, 0.1) is 18.6 Å². The molecule has 0 radical (unpaired) electrons. The number of piperazine rings is 1. The van der Waals surface area contributed by atoms with Gasteiger partial charge >= 0.3 is 5.97 Å². The van der Waals surface area contributed by atoms with Crippen molar-refractivity contribution in [2.75, 3.05) is 37.7 Å². The lowest BCUT2D eigenvalue weighted by Gasteiger charge is -2.36. The molecule has 1 N–H and O–H groups in total. The Hall–Kier alpha value is -3.94. The highest BCUT2D eigenvalue weighted by atomic mass is 16.5. The van der Waals surface area contributed by atoms with E-state index in [1.807, 2.05) is 42.5 Å². The summed E-state index contributed by atoms with van der Waals surface area (Å²) in [6.45, 7) is 6.11. The number of amides is 2. The molecule has 1 atom stereocenters. The van der Waals surface area contributed by atoms with Crippen LogP contribution in [0.2, 0.25) is 0 Å². The average Bonchev–Trinajstić information content (AvgIpc) is 2.89. The van der Waals surface area contributed by atoms with Crippen LogP contribution in [0.3, 0.4) is 0 Å². The fraction of sp³-hybridized carbons (Fsp3) is 0.333. The van der Waals surface area contributed by atoms with E-state index in [-0.39, 0.29) is 18.2 Å². The molecule has 3 aromatic rings. The average molecular weight is 475 g/mol. The maximum absolute atomic E-state index is 12.9. The van der Waals surface area contributed by atoms with E-state index >= 15 is 0 Å². The summed E-state index contributed by atoms with van der Waals surface area (Å²) in [5, 5.41) is 4.99. The summed E-state index contributed by atoms with van der Waals surface area (Å²) in [7, 11) is 0. The van der Waals surface area contributed by atoms with Crippen molar-refractivity contribution >= 4 is 34.4 Å². The number of benzene rings is 2. The van der Waals surface area contributed by atoms with Crippen LogP contribution in [-0.2, 0) is 20.7 Å². The van der Waals surface area contributed by atoms with Crippen molar-refractivity contribution in [3.63, 3.8) is 0 Å². The summed E-state index contributed by atoms with van der Waals surface area (Å²) in [5.74, 6) is 0.0910. The van der Waals surface area contributed by atoms with Crippen LogP contribution in [0.15, 0.2) is 60.8 Å². The van der Waals surface area contributed by atoms with Gasteiger partial charge in [-0.2, -0.15) is 0 Å². The number of carbonyl (C=O) groups is 3. The molecule has 8 nitrogen and oxygen atoms in total. The Bertz CT molecular complexity index is 1200. The molecular weight excluding hydrogens is 444 g/mol.